The Bertz CT molecular complexity index is 985. The van der Waals surface area contributed by atoms with Gasteiger partial charge in [-0.1, -0.05) is 0 Å². The van der Waals surface area contributed by atoms with Crippen molar-refractivity contribution < 1.29 is 29.3 Å². The molecule has 2 aliphatic carbocycles. The molecule has 3 fully saturated rings. The minimum atomic E-state index is -0.542. The summed E-state index contributed by atoms with van der Waals surface area (Å²) in [5.41, 5.74) is 3.86. The van der Waals surface area contributed by atoms with Crippen LogP contribution >= 0.6 is 0 Å². The number of hydrogen-bond donors (Lipinski definition) is 2. The first-order valence-electron chi connectivity index (χ1n) is 10.3. The maximum absolute atomic E-state index is 12.8. The van der Waals surface area contributed by atoms with Gasteiger partial charge in [0, 0.05) is 11.3 Å². The van der Waals surface area contributed by atoms with Crippen LogP contribution in [0.3, 0.4) is 0 Å². The zero-order valence-corrected chi connectivity index (χ0v) is 16.3. The van der Waals surface area contributed by atoms with Gasteiger partial charge in [0.1, 0.15) is 18.0 Å². The van der Waals surface area contributed by atoms with E-state index in [2.05, 4.69) is 4.90 Å². The van der Waals surface area contributed by atoms with Gasteiger partial charge in [0.05, 0.1) is 42.2 Å². The fourth-order valence-electron chi connectivity index (χ4n) is 6.38. The van der Waals surface area contributed by atoms with E-state index in [9.17, 15) is 19.8 Å². The van der Waals surface area contributed by atoms with Gasteiger partial charge in [0.15, 0.2) is 5.78 Å². The van der Waals surface area contributed by atoms with Gasteiger partial charge >= 0.3 is 5.97 Å². The normalized spacial score (nSPS) is 40.9. The Morgan fingerprint density at radius 1 is 1.28 bits per heavy atom. The molecular formula is C22H23NO6. The highest BCUT2D eigenvalue weighted by Crippen LogP contribution is 2.57. The molecule has 0 saturated carbocycles. The van der Waals surface area contributed by atoms with Crippen LogP contribution in [0, 0.1) is 5.92 Å². The van der Waals surface area contributed by atoms with Gasteiger partial charge in [0.2, 0.25) is 0 Å². The zero-order chi connectivity index (χ0) is 20.2. The Hall–Kier alpha value is -2.38. The largest absolute Gasteiger partial charge is 0.507 e. The smallest absolute Gasteiger partial charge is 0.308 e. The number of rotatable bonds is 1. The van der Waals surface area contributed by atoms with Gasteiger partial charge in [-0.25, -0.2) is 0 Å². The van der Waals surface area contributed by atoms with Crippen LogP contribution in [0.1, 0.15) is 33.1 Å². The van der Waals surface area contributed by atoms with E-state index in [0.717, 1.165) is 29.7 Å². The number of esters is 1. The number of ketones is 1. The molecule has 0 radical (unpaired) electrons. The molecule has 152 valence electrons. The molecule has 3 unspecified atom stereocenters. The Labute approximate surface area is 168 Å². The number of ether oxygens (including phenoxy) is 2. The van der Waals surface area contributed by atoms with Crippen molar-refractivity contribution in [1.82, 2.24) is 4.90 Å². The zero-order valence-electron chi connectivity index (χ0n) is 16.3. The average molecular weight is 397 g/mol. The van der Waals surface area contributed by atoms with E-state index in [-0.39, 0.29) is 48.0 Å². The van der Waals surface area contributed by atoms with Gasteiger partial charge in [-0.3, -0.25) is 9.59 Å². The lowest BCUT2D eigenvalue weighted by atomic mass is 9.68. The van der Waals surface area contributed by atoms with Crippen molar-refractivity contribution in [1.29, 1.82) is 0 Å². The number of carbonyl (C=O) groups is 2. The van der Waals surface area contributed by atoms with Crippen molar-refractivity contribution in [3.63, 3.8) is 0 Å². The van der Waals surface area contributed by atoms with Gasteiger partial charge in [0.25, 0.3) is 0 Å². The predicted molar refractivity (Wildman–Crippen MR) is 101 cm³/mol. The van der Waals surface area contributed by atoms with E-state index in [1.807, 2.05) is 13.0 Å². The number of aliphatic hydroxyl groups excluding tert-OH is 2. The van der Waals surface area contributed by atoms with Crippen LogP contribution in [0.25, 0.3) is 0 Å². The molecule has 29 heavy (non-hydrogen) atoms. The summed E-state index contributed by atoms with van der Waals surface area (Å²) in [6.07, 6.45) is 3.35. The second-order valence-electron chi connectivity index (χ2n) is 8.85. The lowest BCUT2D eigenvalue weighted by Gasteiger charge is -2.48. The molecule has 2 N–H and O–H groups in total. The number of fused-ring (bicyclic) bond motifs is 6. The van der Waals surface area contributed by atoms with Gasteiger partial charge in [-0.05, 0) is 50.0 Å². The number of allylic oxidation sites excluding steroid dienone is 4. The minimum Gasteiger partial charge on any atom is -0.507 e. The Kier molecular flexibility index (Phi) is 3.38. The topological polar surface area (TPSA) is 96.3 Å². The molecule has 0 amide bonds. The third kappa shape index (κ3) is 2.04. The molecule has 7 atom stereocenters. The Morgan fingerprint density at radius 3 is 2.83 bits per heavy atom. The first-order chi connectivity index (χ1) is 13.9. The quantitative estimate of drug-likeness (QED) is 0.647. The van der Waals surface area contributed by atoms with Gasteiger partial charge < -0.3 is 24.6 Å². The average Bonchev–Trinajstić information content (AvgIpc) is 3.32. The second kappa shape index (κ2) is 5.61. The molecule has 6 rings (SSSR count). The summed E-state index contributed by atoms with van der Waals surface area (Å²) in [6.45, 7) is 3.64. The molecule has 7 nitrogen and oxygen atoms in total. The number of nitrogens with zero attached hydrogens (tertiary/aromatic N) is 1. The van der Waals surface area contributed by atoms with Gasteiger partial charge in [-0.15, -0.1) is 0 Å². The van der Waals surface area contributed by atoms with Crippen LogP contribution in [0.2, 0.25) is 0 Å². The van der Waals surface area contributed by atoms with E-state index in [1.54, 1.807) is 6.92 Å². The molecule has 4 aliphatic heterocycles. The molecule has 6 aliphatic rings. The Balaban J connectivity index is 1.60. The molecular weight excluding hydrogens is 374 g/mol. The minimum absolute atomic E-state index is 0.0302. The van der Waals surface area contributed by atoms with Crippen LogP contribution in [0.15, 0.2) is 45.9 Å². The SMILES string of the molecule is C[C@H](O)[C@H]1CCC2=C3C=CC(=O)C4=C3C(C3C(=C4O)[C@@H](C)O[C@@H]4CC(=O)OC34)N21. The predicted octanol–water partition coefficient (Wildman–Crippen LogP) is 1.45. The highest BCUT2D eigenvalue weighted by molar-refractivity contribution is 6.11. The first-order valence-corrected chi connectivity index (χ1v) is 10.3. The van der Waals surface area contributed by atoms with Crippen LogP contribution in [0.5, 0.6) is 0 Å². The lowest BCUT2D eigenvalue weighted by Crippen LogP contribution is -2.56. The van der Waals surface area contributed by atoms with Crippen LogP contribution < -0.4 is 0 Å². The summed E-state index contributed by atoms with van der Waals surface area (Å²) < 4.78 is 11.7. The van der Waals surface area contributed by atoms with Crippen molar-refractivity contribution in [2.75, 3.05) is 0 Å². The van der Waals surface area contributed by atoms with E-state index in [1.165, 1.54) is 6.08 Å². The summed E-state index contributed by atoms with van der Waals surface area (Å²) in [7, 11) is 0. The summed E-state index contributed by atoms with van der Waals surface area (Å²) in [4.78, 5) is 27.1. The highest BCUT2D eigenvalue weighted by atomic mass is 16.6. The number of carbonyl (C=O) groups excluding carboxylic acids is 2. The molecule has 7 heteroatoms. The third-order valence-corrected chi connectivity index (χ3v) is 7.40. The number of hydrogen-bond acceptors (Lipinski definition) is 7. The van der Waals surface area contributed by atoms with E-state index in [0.29, 0.717) is 11.1 Å². The highest BCUT2D eigenvalue weighted by Gasteiger charge is 2.60. The standard InChI is InChI=1S/C22H23NO6/c1-8(24)11-4-5-12-10-3-6-13(25)18-17(10)20(23(11)12)19-16(21(18)27)9(2)28-14-7-15(26)29-22(14)19/h3,6,8-9,11,14,19-20,22,24,27H,4-5,7H2,1-2H3/t8-,9+,11+,14+,19?,20?,22?/m0/s1. The molecule has 0 aromatic carbocycles. The number of aliphatic hydroxyl groups is 2. The fraction of sp³-hybridized carbons (Fsp3) is 0.545. The van der Waals surface area contributed by atoms with Crippen molar-refractivity contribution in [3.05, 3.63) is 45.9 Å². The summed E-state index contributed by atoms with van der Waals surface area (Å²) in [5, 5.41) is 21.7. The maximum Gasteiger partial charge on any atom is 0.308 e. The fourth-order valence-corrected chi connectivity index (χ4v) is 6.38. The lowest BCUT2D eigenvalue weighted by molar-refractivity contribution is -0.148. The maximum atomic E-state index is 12.8. The van der Waals surface area contributed by atoms with E-state index >= 15 is 0 Å². The third-order valence-electron chi connectivity index (χ3n) is 7.40. The van der Waals surface area contributed by atoms with E-state index < -0.39 is 18.3 Å². The van der Waals surface area contributed by atoms with Crippen molar-refractivity contribution in [2.24, 2.45) is 5.92 Å². The molecule has 4 heterocycles. The summed E-state index contributed by atoms with van der Waals surface area (Å²) in [6, 6.07) is -0.331. The summed E-state index contributed by atoms with van der Waals surface area (Å²) in [5.74, 6) is -0.852. The van der Waals surface area contributed by atoms with Crippen LogP contribution in [0.4, 0.5) is 0 Å². The van der Waals surface area contributed by atoms with Crippen LogP contribution in [-0.4, -0.2) is 63.4 Å². The molecule has 0 aromatic heterocycles. The monoisotopic (exact) mass is 397 g/mol. The van der Waals surface area contributed by atoms with Crippen molar-refractivity contribution in [2.45, 2.75) is 69.6 Å². The van der Waals surface area contributed by atoms with Crippen LogP contribution in [-0.2, 0) is 19.1 Å². The second-order valence-corrected chi connectivity index (χ2v) is 8.85. The van der Waals surface area contributed by atoms with Crippen molar-refractivity contribution >= 4 is 11.8 Å². The van der Waals surface area contributed by atoms with E-state index in [4.69, 9.17) is 9.47 Å². The Morgan fingerprint density at radius 2 is 2.07 bits per heavy atom. The molecule has 0 bridgehead atoms. The summed E-state index contributed by atoms with van der Waals surface area (Å²) >= 11 is 0. The molecule has 3 saturated heterocycles. The molecule has 0 spiro atoms. The molecule has 0 aromatic rings. The van der Waals surface area contributed by atoms with Gasteiger partial charge in [-0.2, -0.15) is 0 Å². The van der Waals surface area contributed by atoms with Crippen molar-refractivity contribution in [3.8, 4) is 0 Å². The first kappa shape index (κ1) is 17.5.